The van der Waals surface area contributed by atoms with Crippen molar-refractivity contribution in [1.82, 2.24) is 10.2 Å². The van der Waals surface area contributed by atoms with Gasteiger partial charge in [-0.05, 0) is 30.9 Å². The summed E-state index contributed by atoms with van der Waals surface area (Å²) < 4.78 is 0. The number of thiophene rings is 1. The van der Waals surface area contributed by atoms with Crippen LogP contribution in [0.5, 0.6) is 0 Å². The van der Waals surface area contributed by atoms with Gasteiger partial charge in [0.2, 0.25) is 0 Å². The van der Waals surface area contributed by atoms with Crippen molar-refractivity contribution in [2.75, 3.05) is 13.1 Å². The Morgan fingerprint density at radius 3 is 3.06 bits per heavy atom. The van der Waals surface area contributed by atoms with Crippen LogP contribution >= 0.6 is 11.3 Å². The Labute approximate surface area is 99.4 Å². The Morgan fingerprint density at radius 2 is 2.50 bits per heavy atom. The monoisotopic (exact) mass is 239 g/mol. The minimum atomic E-state index is -0.00394. The van der Waals surface area contributed by atoms with Crippen molar-refractivity contribution in [3.8, 4) is 0 Å². The summed E-state index contributed by atoms with van der Waals surface area (Å²) in [6, 6.07) is 2.31. The molecule has 16 heavy (non-hydrogen) atoms. The zero-order valence-electron chi connectivity index (χ0n) is 9.56. The van der Waals surface area contributed by atoms with Gasteiger partial charge in [-0.25, -0.2) is 4.79 Å². The van der Waals surface area contributed by atoms with Gasteiger partial charge < -0.3 is 16.0 Å². The molecule has 2 heterocycles. The van der Waals surface area contributed by atoms with E-state index >= 15 is 0 Å². The van der Waals surface area contributed by atoms with E-state index in [2.05, 4.69) is 23.7 Å². The van der Waals surface area contributed by atoms with Gasteiger partial charge in [0.1, 0.15) is 0 Å². The minimum absolute atomic E-state index is 0.00394. The molecule has 1 aromatic heterocycles. The van der Waals surface area contributed by atoms with E-state index in [1.165, 1.54) is 10.4 Å². The number of hydrogen-bond acceptors (Lipinski definition) is 3. The predicted octanol–water partition coefficient (Wildman–Crippen LogP) is 1.47. The molecule has 3 N–H and O–H groups in total. The Balaban J connectivity index is 2.13. The molecule has 0 aromatic carbocycles. The molecule has 2 unspecified atom stereocenters. The Hall–Kier alpha value is -1.07. The maximum absolute atomic E-state index is 11.8. The van der Waals surface area contributed by atoms with Crippen LogP contribution in [0, 0.1) is 6.92 Å². The maximum atomic E-state index is 11.8. The second-order valence-electron chi connectivity index (χ2n) is 4.21. The second-order valence-corrected chi connectivity index (χ2v) is 5.15. The second kappa shape index (κ2) is 4.43. The number of aryl methyl sites for hydroxylation is 1. The van der Waals surface area contributed by atoms with E-state index in [0.717, 1.165) is 6.54 Å². The zero-order valence-corrected chi connectivity index (χ0v) is 10.4. The lowest BCUT2D eigenvalue weighted by Crippen LogP contribution is -2.40. The highest BCUT2D eigenvalue weighted by molar-refractivity contribution is 7.10. The summed E-state index contributed by atoms with van der Waals surface area (Å²) in [4.78, 5) is 14.8. The van der Waals surface area contributed by atoms with Gasteiger partial charge in [-0.3, -0.25) is 0 Å². The van der Waals surface area contributed by atoms with Crippen molar-refractivity contribution in [2.45, 2.75) is 25.9 Å². The van der Waals surface area contributed by atoms with Crippen molar-refractivity contribution in [3.05, 3.63) is 21.9 Å². The van der Waals surface area contributed by atoms with Gasteiger partial charge in [-0.15, -0.1) is 11.3 Å². The van der Waals surface area contributed by atoms with Crippen molar-refractivity contribution < 1.29 is 4.79 Å². The van der Waals surface area contributed by atoms with Gasteiger partial charge in [0.05, 0.1) is 6.04 Å². The molecule has 88 valence electrons. The fourth-order valence-electron chi connectivity index (χ4n) is 1.95. The lowest BCUT2D eigenvalue weighted by Gasteiger charge is -2.21. The zero-order chi connectivity index (χ0) is 11.7. The number of nitrogens with two attached hydrogens (primary N) is 1. The van der Waals surface area contributed by atoms with E-state index in [4.69, 9.17) is 5.73 Å². The number of nitrogens with one attached hydrogen (secondary N) is 1. The summed E-state index contributed by atoms with van der Waals surface area (Å²) in [5.74, 6) is 0. The van der Waals surface area contributed by atoms with Gasteiger partial charge in [0.15, 0.2) is 0 Å². The molecule has 1 aliphatic heterocycles. The molecule has 0 bridgehead atoms. The normalized spacial score (nSPS) is 22.3. The number of nitrogens with zero attached hydrogens (tertiary/aromatic N) is 1. The van der Waals surface area contributed by atoms with Crippen molar-refractivity contribution in [1.29, 1.82) is 0 Å². The van der Waals surface area contributed by atoms with Crippen LogP contribution < -0.4 is 11.1 Å². The summed E-state index contributed by atoms with van der Waals surface area (Å²) in [5.41, 5.74) is 6.84. The van der Waals surface area contributed by atoms with Crippen molar-refractivity contribution >= 4 is 17.4 Å². The molecule has 2 atom stereocenters. The quantitative estimate of drug-likeness (QED) is 0.839. The number of urea groups is 1. The van der Waals surface area contributed by atoms with E-state index in [1.807, 2.05) is 11.8 Å². The smallest absolute Gasteiger partial charge is 0.318 e. The topological polar surface area (TPSA) is 58.4 Å². The van der Waals surface area contributed by atoms with Crippen LogP contribution in [0.2, 0.25) is 0 Å². The average molecular weight is 239 g/mol. The molecule has 1 saturated heterocycles. The molecular formula is C11H17N3OS. The third-order valence-electron chi connectivity index (χ3n) is 3.03. The number of hydrogen-bond donors (Lipinski definition) is 2. The Kier molecular flexibility index (Phi) is 3.16. The molecule has 4 nitrogen and oxygen atoms in total. The fraction of sp³-hybridized carbons (Fsp3) is 0.545. The molecule has 0 spiro atoms. The van der Waals surface area contributed by atoms with E-state index in [9.17, 15) is 4.79 Å². The van der Waals surface area contributed by atoms with Crippen LogP contribution in [0.25, 0.3) is 0 Å². The van der Waals surface area contributed by atoms with Crippen LogP contribution in [-0.2, 0) is 0 Å². The van der Waals surface area contributed by atoms with Crippen LogP contribution in [0.1, 0.15) is 23.4 Å². The van der Waals surface area contributed by atoms with Gasteiger partial charge in [0.25, 0.3) is 0 Å². The molecule has 0 saturated carbocycles. The Morgan fingerprint density at radius 1 is 1.75 bits per heavy atom. The molecule has 0 aliphatic carbocycles. The highest BCUT2D eigenvalue weighted by Crippen LogP contribution is 2.28. The number of rotatable bonds is 3. The summed E-state index contributed by atoms with van der Waals surface area (Å²) in [6.07, 6.45) is 0. The standard InChI is InChI=1S/C11H17N3OS/c1-7-3-4-16-10(7)9-6-14(8(2)5-12)11(15)13-9/h3-4,8-9H,5-6,12H2,1-2H3,(H,13,15). The van der Waals surface area contributed by atoms with Gasteiger partial charge >= 0.3 is 6.03 Å². The van der Waals surface area contributed by atoms with Gasteiger partial charge in [-0.2, -0.15) is 0 Å². The highest BCUT2D eigenvalue weighted by atomic mass is 32.1. The number of amides is 2. The van der Waals surface area contributed by atoms with E-state index < -0.39 is 0 Å². The number of carbonyl (C=O) groups excluding carboxylic acids is 1. The van der Waals surface area contributed by atoms with Crippen molar-refractivity contribution in [3.63, 3.8) is 0 Å². The maximum Gasteiger partial charge on any atom is 0.318 e. The molecule has 2 amide bonds. The minimum Gasteiger partial charge on any atom is -0.329 e. The highest BCUT2D eigenvalue weighted by Gasteiger charge is 2.33. The van der Waals surface area contributed by atoms with E-state index in [0.29, 0.717) is 6.54 Å². The summed E-state index contributed by atoms with van der Waals surface area (Å²) >= 11 is 1.70. The summed E-state index contributed by atoms with van der Waals surface area (Å²) in [7, 11) is 0. The third-order valence-corrected chi connectivity index (χ3v) is 4.16. The van der Waals surface area contributed by atoms with Crippen LogP contribution in [0.3, 0.4) is 0 Å². The number of carbonyl (C=O) groups is 1. The molecule has 2 rings (SSSR count). The molecule has 1 aliphatic rings. The average Bonchev–Trinajstić information content (AvgIpc) is 2.83. The largest absolute Gasteiger partial charge is 0.329 e. The lowest BCUT2D eigenvalue weighted by atomic mass is 10.1. The molecular weight excluding hydrogens is 222 g/mol. The van der Waals surface area contributed by atoms with Gasteiger partial charge in [-0.1, -0.05) is 0 Å². The summed E-state index contributed by atoms with van der Waals surface area (Å²) in [6.45, 7) is 5.28. The predicted molar refractivity (Wildman–Crippen MR) is 65.6 cm³/mol. The first-order valence-electron chi connectivity index (χ1n) is 5.44. The first-order chi connectivity index (χ1) is 7.63. The van der Waals surface area contributed by atoms with Crippen molar-refractivity contribution in [2.24, 2.45) is 5.73 Å². The third kappa shape index (κ3) is 1.92. The van der Waals surface area contributed by atoms with E-state index in [1.54, 1.807) is 11.3 Å². The Bertz CT molecular complexity index is 390. The SMILES string of the molecule is Cc1ccsc1C1CN(C(C)CN)C(=O)N1. The lowest BCUT2D eigenvalue weighted by molar-refractivity contribution is 0.203. The first kappa shape index (κ1) is 11.4. The van der Waals surface area contributed by atoms with E-state index in [-0.39, 0.29) is 18.1 Å². The fourth-order valence-corrected chi connectivity index (χ4v) is 2.92. The first-order valence-corrected chi connectivity index (χ1v) is 6.32. The molecule has 5 heteroatoms. The molecule has 1 fully saturated rings. The van der Waals surface area contributed by atoms with Crippen LogP contribution in [0.15, 0.2) is 11.4 Å². The van der Waals surface area contributed by atoms with Crippen LogP contribution in [-0.4, -0.2) is 30.1 Å². The van der Waals surface area contributed by atoms with Crippen LogP contribution in [0.4, 0.5) is 4.79 Å². The molecule has 1 aromatic rings. The molecule has 0 radical (unpaired) electrons. The van der Waals surface area contributed by atoms with Gasteiger partial charge in [0, 0.05) is 24.0 Å². The summed E-state index contributed by atoms with van der Waals surface area (Å²) in [5, 5.41) is 5.07.